The zero-order valence-corrected chi connectivity index (χ0v) is 9.79. The number of amides is 2. The molecule has 7 nitrogen and oxygen atoms in total. The van der Waals surface area contributed by atoms with E-state index in [9.17, 15) is 14.4 Å². The number of carbonyl (C=O) groups is 2. The van der Waals surface area contributed by atoms with E-state index >= 15 is 0 Å². The van der Waals surface area contributed by atoms with Gasteiger partial charge >= 0.3 is 6.09 Å². The molecule has 96 valence electrons. The Hall–Kier alpha value is -2.31. The number of nitrogens with one attached hydrogen (secondary N) is 1. The van der Waals surface area contributed by atoms with Crippen LogP contribution in [0.15, 0.2) is 23.1 Å². The van der Waals surface area contributed by atoms with E-state index in [-0.39, 0.29) is 5.56 Å². The molecule has 2 N–H and O–H groups in total. The minimum atomic E-state index is -1.11. The molecule has 0 radical (unpaired) electrons. The third-order valence-electron chi connectivity index (χ3n) is 2.94. The summed E-state index contributed by atoms with van der Waals surface area (Å²) in [4.78, 5) is 34.9. The van der Waals surface area contributed by atoms with Gasteiger partial charge in [0, 0.05) is 31.5 Å². The van der Waals surface area contributed by atoms with Crippen LogP contribution in [0.5, 0.6) is 0 Å². The van der Waals surface area contributed by atoms with Gasteiger partial charge in [0.15, 0.2) is 0 Å². The van der Waals surface area contributed by atoms with Crippen LogP contribution in [-0.4, -0.2) is 39.2 Å². The summed E-state index contributed by atoms with van der Waals surface area (Å²) in [5.74, 6) is -0.406. The van der Waals surface area contributed by atoms with Gasteiger partial charge in [-0.3, -0.25) is 14.5 Å². The zero-order valence-electron chi connectivity index (χ0n) is 9.79. The van der Waals surface area contributed by atoms with Crippen molar-refractivity contribution in [2.24, 2.45) is 7.05 Å². The van der Waals surface area contributed by atoms with E-state index in [4.69, 9.17) is 5.11 Å². The largest absolute Gasteiger partial charge is 0.465 e. The number of hydrogen-bond acceptors (Lipinski definition) is 3. The van der Waals surface area contributed by atoms with Crippen LogP contribution in [0, 0.1) is 0 Å². The predicted molar refractivity (Wildman–Crippen MR) is 63.4 cm³/mol. The molecule has 2 amide bonds. The molecule has 18 heavy (non-hydrogen) atoms. The molecule has 0 bridgehead atoms. The van der Waals surface area contributed by atoms with Gasteiger partial charge in [-0.2, -0.15) is 0 Å². The van der Waals surface area contributed by atoms with Crippen molar-refractivity contribution in [3.63, 3.8) is 0 Å². The molecule has 1 saturated heterocycles. The van der Waals surface area contributed by atoms with Crippen molar-refractivity contribution in [3.05, 3.63) is 28.7 Å². The van der Waals surface area contributed by atoms with Crippen LogP contribution in [0.3, 0.4) is 0 Å². The molecule has 1 aliphatic heterocycles. The van der Waals surface area contributed by atoms with Crippen molar-refractivity contribution < 1.29 is 14.7 Å². The molecular formula is C11H13N3O4. The Morgan fingerprint density at radius 1 is 1.50 bits per heavy atom. The number of nitrogens with zero attached hydrogens (tertiary/aromatic N) is 2. The molecular weight excluding hydrogens is 238 g/mol. The maximum Gasteiger partial charge on any atom is 0.407 e. The van der Waals surface area contributed by atoms with Crippen LogP contribution in [0.1, 0.15) is 6.42 Å². The second-order valence-corrected chi connectivity index (χ2v) is 4.13. The minimum Gasteiger partial charge on any atom is -0.465 e. The topological polar surface area (TPSA) is 91.6 Å². The lowest BCUT2D eigenvalue weighted by Gasteiger charge is -2.37. The van der Waals surface area contributed by atoms with Crippen molar-refractivity contribution in [2.75, 3.05) is 11.9 Å². The van der Waals surface area contributed by atoms with Crippen molar-refractivity contribution >= 4 is 17.7 Å². The normalized spacial score (nSPS) is 18.1. The van der Waals surface area contributed by atoms with E-state index in [0.717, 1.165) is 4.90 Å². The third-order valence-corrected chi connectivity index (χ3v) is 2.94. The van der Waals surface area contributed by atoms with Gasteiger partial charge < -0.3 is 15.0 Å². The number of carbonyl (C=O) groups excluding carboxylic acids is 1. The number of hydrogen-bond donors (Lipinski definition) is 2. The van der Waals surface area contributed by atoms with E-state index in [1.807, 2.05) is 0 Å². The van der Waals surface area contributed by atoms with Gasteiger partial charge in [-0.25, -0.2) is 4.79 Å². The number of aromatic nitrogens is 1. The van der Waals surface area contributed by atoms with Crippen LogP contribution in [0.25, 0.3) is 0 Å². The molecule has 1 atom stereocenters. The van der Waals surface area contributed by atoms with E-state index in [1.165, 1.54) is 16.8 Å². The number of aryl methyl sites for hydroxylation is 1. The second-order valence-electron chi connectivity index (χ2n) is 4.13. The lowest BCUT2D eigenvalue weighted by Crippen LogP contribution is -2.56. The van der Waals surface area contributed by atoms with Gasteiger partial charge in [0.1, 0.15) is 6.04 Å². The molecule has 1 aromatic heterocycles. The molecule has 0 aromatic carbocycles. The fraction of sp³-hybridized carbons (Fsp3) is 0.364. The highest BCUT2D eigenvalue weighted by molar-refractivity contribution is 5.97. The standard InChI is InChI=1S/C11H13N3O4/c1-13-4-2-7(6-9(13)15)12-10(16)8-3-5-14(8)11(17)18/h2,4,6,8H,3,5H2,1H3,(H,12,16)(H,17,18). The van der Waals surface area contributed by atoms with Crippen molar-refractivity contribution in [1.29, 1.82) is 0 Å². The molecule has 0 spiro atoms. The summed E-state index contributed by atoms with van der Waals surface area (Å²) in [5.41, 5.74) is 0.136. The molecule has 7 heteroatoms. The van der Waals surface area contributed by atoms with Gasteiger partial charge in [-0.1, -0.05) is 0 Å². The lowest BCUT2D eigenvalue weighted by molar-refractivity contribution is -0.124. The smallest absolute Gasteiger partial charge is 0.407 e. The first kappa shape index (κ1) is 12.2. The van der Waals surface area contributed by atoms with Crippen LogP contribution < -0.4 is 10.9 Å². The molecule has 1 fully saturated rings. The van der Waals surface area contributed by atoms with Gasteiger partial charge in [0.25, 0.3) is 5.56 Å². The predicted octanol–water partition coefficient (Wildman–Crippen LogP) is 0.0761. The van der Waals surface area contributed by atoms with Crippen molar-refractivity contribution in [1.82, 2.24) is 9.47 Å². The minimum absolute atomic E-state index is 0.239. The Morgan fingerprint density at radius 2 is 2.22 bits per heavy atom. The number of anilines is 1. The van der Waals surface area contributed by atoms with Gasteiger partial charge in [-0.15, -0.1) is 0 Å². The van der Waals surface area contributed by atoms with Crippen LogP contribution >= 0.6 is 0 Å². The van der Waals surface area contributed by atoms with Gasteiger partial charge in [0.2, 0.25) is 5.91 Å². The Morgan fingerprint density at radius 3 is 2.72 bits per heavy atom. The highest BCUT2D eigenvalue weighted by atomic mass is 16.4. The van der Waals surface area contributed by atoms with Crippen LogP contribution in [0.4, 0.5) is 10.5 Å². The average Bonchev–Trinajstić information content (AvgIpc) is 2.20. The maximum atomic E-state index is 11.8. The Balaban J connectivity index is 2.05. The Kier molecular flexibility index (Phi) is 3.05. The molecule has 0 aliphatic carbocycles. The highest BCUT2D eigenvalue weighted by Crippen LogP contribution is 2.18. The summed E-state index contributed by atoms with van der Waals surface area (Å²) < 4.78 is 1.38. The first-order chi connectivity index (χ1) is 8.49. The number of likely N-dealkylation sites (tertiary alicyclic amines) is 1. The van der Waals surface area contributed by atoms with Gasteiger partial charge in [-0.05, 0) is 12.5 Å². The Bertz CT molecular complexity index is 551. The first-order valence-corrected chi connectivity index (χ1v) is 5.46. The summed E-state index contributed by atoms with van der Waals surface area (Å²) >= 11 is 0. The Labute approximate surface area is 103 Å². The van der Waals surface area contributed by atoms with Crippen molar-refractivity contribution in [3.8, 4) is 0 Å². The monoisotopic (exact) mass is 251 g/mol. The highest BCUT2D eigenvalue weighted by Gasteiger charge is 2.37. The number of rotatable bonds is 2. The van der Waals surface area contributed by atoms with E-state index in [2.05, 4.69) is 5.32 Å². The molecule has 2 heterocycles. The zero-order chi connectivity index (χ0) is 13.3. The molecule has 2 rings (SSSR count). The number of carboxylic acid groups (broad SMARTS) is 1. The summed E-state index contributed by atoms with van der Waals surface area (Å²) in [7, 11) is 1.60. The van der Waals surface area contributed by atoms with Gasteiger partial charge in [0.05, 0.1) is 0 Å². The van der Waals surface area contributed by atoms with Crippen LogP contribution in [0.2, 0.25) is 0 Å². The first-order valence-electron chi connectivity index (χ1n) is 5.46. The molecule has 1 aromatic rings. The summed E-state index contributed by atoms with van der Waals surface area (Å²) in [6.45, 7) is 0.365. The fourth-order valence-electron chi connectivity index (χ4n) is 1.74. The van der Waals surface area contributed by atoms with Crippen LogP contribution in [-0.2, 0) is 11.8 Å². The maximum absolute atomic E-state index is 11.8. The summed E-state index contributed by atoms with van der Waals surface area (Å²) in [5, 5.41) is 11.3. The third kappa shape index (κ3) is 2.20. The van der Waals surface area contributed by atoms with E-state index in [0.29, 0.717) is 18.7 Å². The lowest BCUT2D eigenvalue weighted by atomic mass is 10.0. The fourth-order valence-corrected chi connectivity index (χ4v) is 1.74. The SMILES string of the molecule is Cn1ccc(NC(=O)C2CCN2C(=O)O)cc1=O. The molecule has 1 unspecified atom stereocenters. The molecule has 0 saturated carbocycles. The van der Waals surface area contributed by atoms with E-state index in [1.54, 1.807) is 13.1 Å². The molecule has 1 aliphatic rings. The summed E-state index contributed by atoms with van der Waals surface area (Å²) in [6, 6.07) is 2.22. The second kappa shape index (κ2) is 4.52. The number of pyridine rings is 1. The quantitative estimate of drug-likeness (QED) is 0.778. The summed E-state index contributed by atoms with van der Waals surface area (Å²) in [6.07, 6.45) is 0.932. The van der Waals surface area contributed by atoms with Crippen molar-refractivity contribution in [2.45, 2.75) is 12.5 Å². The van der Waals surface area contributed by atoms with E-state index < -0.39 is 18.0 Å². The average molecular weight is 251 g/mol.